The summed E-state index contributed by atoms with van der Waals surface area (Å²) in [4.78, 5) is 14.0. The number of carbonyl (C=O) groups excluding carboxylic acids is 1. The number of rotatable bonds is 3. The minimum Gasteiger partial charge on any atom is -0.387 e. The Labute approximate surface area is 103 Å². The summed E-state index contributed by atoms with van der Waals surface area (Å²) in [5.74, 6) is 0.898. The molecule has 1 amide bonds. The maximum Gasteiger partial charge on any atom is 0.225 e. The molecule has 1 aliphatic heterocycles. The largest absolute Gasteiger partial charge is 0.387 e. The van der Waals surface area contributed by atoms with Gasteiger partial charge in [0.05, 0.1) is 12.1 Å². The van der Waals surface area contributed by atoms with Crippen LogP contribution in [-0.4, -0.2) is 48.2 Å². The fourth-order valence-corrected chi connectivity index (χ4v) is 3.18. The monoisotopic (exact) mass is 240 g/mol. The standard InChI is InChI=1S/C13H24N2O2/c1-10-4-3-5-11(10)12(16)15(2)9-13(17)6-7-14-8-13/h10-11,14,17H,3-9H2,1-2H3. The van der Waals surface area contributed by atoms with Crippen molar-refractivity contribution in [3.05, 3.63) is 0 Å². The molecular weight excluding hydrogens is 216 g/mol. The molecule has 2 rings (SSSR count). The smallest absolute Gasteiger partial charge is 0.225 e. The van der Waals surface area contributed by atoms with Crippen molar-refractivity contribution in [2.24, 2.45) is 11.8 Å². The molecule has 0 aromatic heterocycles. The second kappa shape index (κ2) is 4.94. The van der Waals surface area contributed by atoms with Crippen LogP contribution in [0.4, 0.5) is 0 Å². The minimum atomic E-state index is -0.716. The Hall–Kier alpha value is -0.610. The van der Waals surface area contributed by atoms with E-state index in [4.69, 9.17) is 0 Å². The molecule has 98 valence electrons. The van der Waals surface area contributed by atoms with Gasteiger partial charge in [-0.25, -0.2) is 0 Å². The van der Waals surface area contributed by atoms with Gasteiger partial charge < -0.3 is 15.3 Å². The summed E-state index contributed by atoms with van der Waals surface area (Å²) in [6.07, 6.45) is 4.08. The van der Waals surface area contributed by atoms with Gasteiger partial charge in [0, 0.05) is 19.5 Å². The van der Waals surface area contributed by atoms with Gasteiger partial charge in [0.2, 0.25) is 5.91 Å². The van der Waals surface area contributed by atoms with Crippen molar-refractivity contribution in [2.75, 3.05) is 26.7 Å². The number of nitrogens with zero attached hydrogens (tertiary/aromatic N) is 1. The first-order chi connectivity index (χ1) is 8.02. The van der Waals surface area contributed by atoms with Gasteiger partial charge in [-0.3, -0.25) is 4.79 Å². The molecule has 1 aliphatic carbocycles. The van der Waals surface area contributed by atoms with Crippen molar-refractivity contribution < 1.29 is 9.90 Å². The fourth-order valence-electron chi connectivity index (χ4n) is 3.18. The predicted octanol–water partition coefficient (Wildman–Crippen LogP) is 0.605. The highest BCUT2D eigenvalue weighted by Crippen LogP contribution is 2.32. The number of aliphatic hydroxyl groups is 1. The van der Waals surface area contributed by atoms with Gasteiger partial charge in [0.25, 0.3) is 0 Å². The van der Waals surface area contributed by atoms with Crippen molar-refractivity contribution >= 4 is 5.91 Å². The Morgan fingerprint density at radius 3 is 2.82 bits per heavy atom. The van der Waals surface area contributed by atoms with E-state index in [1.165, 1.54) is 0 Å². The van der Waals surface area contributed by atoms with Crippen LogP contribution in [0.5, 0.6) is 0 Å². The van der Waals surface area contributed by atoms with Crippen LogP contribution in [0.25, 0.3) is 0 Å². The van der Waals surface area contributed by atoms with E-state index in [9.17, 15) is 9.90 Å². The lowest BCUT2D eigenvalue weighted by atomic mass is 9.95. The van der Waals surface area contributed by atoms with E-state index < -0.39 is 5.60 Å². The Balaban J connectivity index is 1.90. The summed E-state index contributed by atoms with van der Waals surface area (Å²) in [6.45, 7) is 4.07. The molecular formula is C13H24N2O2. The second-order valence-corrected chi connectivity index (χ2v) is 5.86. The molecule has 2 aliphatic rings. The molecule has 0 bridgehead atoms. The molecule has 1 saturated carbocycles. The average molecular weight is 240 g/mol. The lowest BCUT2D eigenvalue weighted by molar-refractivity contribution is -0.138. The number of nitrogens with one attached hydrogen (secondary N) is 1. The highest BCUT2D eigenvalue weighted by Gasteiger charge is 2.37. The summed E-state index contributed by atoms with van der Waals surface area (Å²) < 4.78 is 0. The van der Waals surface area contributed by atoms with Crippen LogP contribution >= 0.6 is 0 Å². The Bertz CT molecular complexity index is 287. The highest BCUT2D eigenvalue weighted by molar-refractivity contribution is 5.79. The second-order valence-electron chi connectivity index (χ2n) is 5.86. The van der Waals surface area contributed by atoms with Crippen LogP contribution in [0.3, 0.4) is 0 Å². The first-order valence-corrected chi connectivity index (χ1v) is 6.70. The van der Waals surface area contributed by atoms with E-state index in [1.807, 2.05) is 7.05 Å². The molecule has 0 spiro atoms. The van der Waals surface area contributed by atoms with Crippen LogP contribution < -0.4 is 5.32 Å². The molecule has 3 unspecified atom stereocenters. The maximum absolute atomic E-state index is 12.3. The van der Waals surface area contributed by atoms with Gasteiger partial charge in [-0.2, -0.15) is 0 Å². The van der Waals surface area contributed by atoms with Gasteiger partial charge in [0.1, 0.15) is 0 Å². The first-order valence-electron chi connectivity index (χ1n) is 6.70. The Kier molecular flexibility index (Phi) is 3.73. The third-order valence-electron chi connectivity index (χ3n) is 4.31. The summed E-state index contributed by atoms with van der Waals surface area (Å²) in [5.41, 5.74) is -0.716. The molecule has 1 heterocycles. The molecule has 0 aromatic rings. The van der Waals surface area contributed by atoms with Crippen LogP contribution in [0.15, 0.2) is 0 Å². The SMILES string of the molecule is CC1CCCC1C(=O)N(C)CC1(O)CCNC1. The van der Waals surface area contributed by atoms with Gasteiger partial charge in [-0.15, -0.1) is 0 Å². The van der Waals surface area contributed by atoms with Crippen LogP contribution in [-0.2, 0) is 4.79 Å². The molecule has 2 N–H and O–H groups in total. The van der Waals surface area contributed by atoms with E-state index >= 15 is 0 Å². The summed E-state index contributed by atoms with van der Waals surface area (Å²) in [5, 5.41) is 13.4. The average Bonchev–Trinajstić information content (AvgIpc) is 2.86. The first kappa shape index (κ1) is 12.8. The summed E-state index contributed by atoms with van der Waals surface area (Å²) >= 11 is 0. The number of hydrogen-bond acceptors (Lipinski definition) is 3. The molecule has 2 fully saturated rings. The van der Waals surface area contributed by atoms with Crippen molar-refractivity contribution in [3.8, 4) is 0 Å². The summed E-state index contributed by atoms with van der Waals surface area (Å²) in [7, 11) is 1.82. The van der Waals surface area contributed by atoms with Crippen molar-refractivity contribution in [1.29, 1.82) is 0 Å². The number of amides is 1. The topological polar surface area (TPSA) is 52.6 Å². The fraction of sp³-hybridized carbons (Fsp3) is 0.923. The third kappa shape index (κ3) is 2.80. The zero-order valence-electron chi connectivity index (χ0n) is 10.9. The molecule has 17 heavy (non-hydrogen) atoms. The molecule has 0 radical (unpaired) electrons. The zero-order valence-corrected chi connectivity index (χ0v) is 10.9. The van der Waals surface area contributed by atoms with Crippen LogP contribution in [0, 0.1) is 11.8 Å². The molecule has 0 aromatic carbocycles. The Morgan fingerprint density at radius 1 is 1.53 bits per heavy atom. The Morgan fingerprint density at radius 2 is 2.29 bits per heavy atom. The lowest BCUT2D eigenvalue weighted by Crippen LogP contribution is -2.47. The van der Waals surface area contributed by atoms with Crippen molar-refractivity contribution in [1.82, 2.24) is 10.2 Å². The van der Waals surface area contributed by atoms with E-state index in [0.717, 1.165) is 32.2 Å². The van der Waals surface area contributed by atoms with Gasteiger partial charge in [-0.05, 0) is 31.7 Å². The van der Waals surface area contributed by atoms with Crippen LogP contribution in [0.1, 0.15) is 32.6 Å². The maximum atomic E-state index is 12.3. The van der Waals surface area contributed by atoms with E-state index in [0.29, 0.717) is 19.0 Å². The molecule has 1 saturated heterocycles. The van der Waals surface area contributed by atoms with Gasteiger partial charge in [-0.1, -0.05) is 13.3 Å². The lowest BCUT2D eigenvalue weighted by Gasteiger charge is -2.30. The third-order valence-corrected chi connectivity index (χ3v) is 4.31. The number of β-amino-alcohol motifs (C(OH)–C–C–N with tert-alkyl or cyclic N) is 1. The normalized spacial score (nSPS) is 37.4. The van der Waals surface area contributed by atoms with Crippen molar-refractivity contribution in [3.63, 3.8) is 0 Å². The van der Waals surface area contributed by atoms with Crippen LogP contribution in [0.2, 0.25) is 0 Å². The van der Waals surface area contributed by atoms with Crippen molar-refractivity contribution in [2.45, 2.75) is 38.2 Å². The van der Waals surface area contributed by atoms with E-state index in [2.05, 4.69) is 12.2 Å². The molecule has 4 nitrogen and oxygen atoms in total. The van der Waals surface area contributed by atoms with Gasteiger partial charge >= 0.3 is 0 Å². The highest BCUT2D eigenvalue weighted by atomic mass is 16.3. The number of likely N-dealkylation sites (N-methyl/N-ethyl adjacent to an activating group) is 1. The van der Waals surface area contributed by atoms with E-state index in [-0.39, 0.29) is 11.8 Å². The van der Waals surface area contributed by atoms with E-state index in [1.54, 1.807) is 4.90 Å². The molecule has 4 heteroatoms. The summed E-state index contributed by atoms with van der Waals surface area (Å²) in [6, 6.07) is 0. The molecule has 3 atom stereocenters. The number of carbonyl (C=O) groups is 1. The minimum absolute atomic E-state index is 0.179. The zero-order chi connectivity index (χ0) is 12.5. The predicted molar refractivity (Wildman–Crippen MR) is 66.6 cm³/mol. The quantitative estimate of drug-likeness (QED) is 0.760. The number of hydrogen-bond donors (Lipinski definition) is 2. The van der Waals surface area contributed by atoms with Gasteiger partial charge in [0.15, 0.2) is 0 Å².